The third-order valence-corrected chi connectivity index (χ3v) is 14.8. The largest absolute Gasteiger partial charge is 0.778 e. The summed E-state index contributed by atoms with van der Waals surface area (Å²) >= 11 is 0. The average molecular weight is 911 g/mol. The van der Waals surface area contributed by atoms with Crippen LogP contribution in [0, 0.1) is 11.3 Å². The molecule has 4 rings (SSSR count). The van der Waals surface area contributed by atoms with Gasteiger partial charge in [0.05, 0.1) is 73.8 Å². The van der Waals surface area contributed by atoms with E-state index in [0.717, 1.165) is 12.5 Å². The van der Waals surface area contributed by atoms with Crippen LogP contribution in [-0.2, 0) is 68.9 Å². The SMILES string of the molecule is C=CC(OP(=O)([O-])OC1C[C@H](C)O[C@@H]1COP(=O)([O-])OC1C[C@H](C)O[C@@H]1CCP(=O)([O-])OC(C)(C)C)[C@H]1O[C@@H](C)CC1OP(=O)([O-])OC[C@H]1O[C@@H](C)CC1C(C)(C)C. The summed E-state index contributed by atoms with van der Waals surface area (Å²) in [6, 6.07) is 0. The Hall–Kier alpha value is 0.0600. The highest BCUT2D eigenvalue weighted by Crippen LogP contribution is 2.51. The third-order valence-electron chi connectivity index (χ3n) is 10.1. The van der Waals surface area contributed by atoms with E-state index < -0.39 is 117 Å². The van der Waals surface area contributed by atoms with Crippen LogP contribution in [0.1, 0.15) is 101 Å². The van der Waals surface area contributed by atoms with E-state index in [1.807, 2.05) is 27.7 Å². The van der Waals surface area contributed by atoms with Gasteiger partial charge in [0.2, 0.25) is 0 Å². The normalized spacial score (nSPS) is 38.2. The summed E-state index contributed by atoms with van der Waals surface area (Å²) < 4.78 is 112. The maximum atomic E-state index is 13.3. The van der Waals surface area contributed by atoms with Crippen LogP contribution in [0.15, 0.2) is 12.7 Å². The van der Waals surface area contributed by atoms with Crippen molar-refractivity contribution >= 4 is 31.1 Å². The van der Waals surface area contributed by atoms with E-state index in [9.17, 15) is 37.8 Å². The molecule has 0 bridgehead atoms. The van der Waals surface area contributed by atoms with Crippen LogP contribution in [0.3, 0.4) is 0 Å². The average Bonchev–Trinajstić information content (AvgIpc) is 3.80. The van der Waals surface area contributed by atoms with Gasteiger partial charge in [-0.1, -0.05) is 26.8 Å². The maximum Gasteiger partial charge on any atom is 0.268 e. The van der Waals surface area contributed by atoms with E-state index in [1.54, 1.807) is 41.5 Å². The van der Waals surface area contributed by atoms with Crippen LogP contribution in [0.5, 0.6) is 0 Å². The van der Waals surface area contributed by atoms with Crippen LogP contribution in [0.2, 0.25) is 0 Å². The number of phosphoric ester groups is 3. The second-order valence-corrected chi connectivity index (χ2v) is 23.7. The van der Waals surface area contributed by atoms with Crippen molar-refractivity contribution < 1.29 is 88.4 Å². The summed E-state index contributed by atoms with van der Waals surface area (Å²) in [5, 5.41) is 0. The molecule has 58 heavy (non-hydrogen) atoms. The fraction of sp³-hybridized carbons (Fsp3) is 0.943. The quantitative estimate of drug-likeness (QED) is 0.122. The highest BCUT2D eigenvalue weighted by molar-refractivity contribution is 7.51. The molecular formula is C35H62O19P4-4. The smallest absolute Gasteiger partial charge is 0.268 e. The van der Waals surface area contributed by atoms with Crippen molar-refractivity contribution in [3.05, 3.63) is 12.7 Å². The fourth-order valence-corrected chi connectivity index (χ4v) is 12.3. The molecule has 0 spiro atoms. The van der Waals surface area contributed by atoms with E-state index in [2.05, 4.69) is 6.58 Å². The van der Waals surface area contributed by atoms with Crippen molar-refractivity contribution in [3.63, 3.8) is 0 Å². The van der Waals surface area contributed by atoms with Gasteiger partial charge in [-0.05, 0) is 72.6 Å². The van der Waals surface area contributed by atoms with Gasteiger partial charge < -0.3 is 74.8 Å². The first-order valence-corrected chi connectivity index (χ1v) is 25.8. The first-order valence-electron chi connectivity index (χ1n) is 19.7. The van der Waals surface area contributed by atoms with Gasteiger partial charge >= 0.3 is 0 Å². The van der Waals surface area contributed by atoms with E-state index in [1.165, 1.54) is 0 Å². The molecule has 0 aromatic rings. The van der Waals surface area contributed by atoms with E-state index in [0.29, 0.717) is 0 Å². The second-order valence-electron chi connectivity index (χ2n) is 17.8. The van der Waals surface area contributed by atoms with Gasteiger partial charge in [-0.3, -0.25) is 13.7 Å². The number of phosphoric acid groups is 3. The first-order chi connectivity index (χ1) is 26.5. The predicted molar refractivity (Wildman–Crippen MR) is 201 cm³/mol. The highest BCUT2D eigenvalue weighted by atomic mass is 31.2. The van der Waals surface area contributed by atoms with Crippen molar-refractivity contribution in [1.82, 2.24) is 0 Å². The van der Waals surface area contributed by atoms with Crippen molar-refractivity contribution in [2.45, 2.75) is 180 Å². The minimum absolute atomic E-state index is 0.00723. The Bertz CT molecular complexity index is 1570. The molecule has 23 heteroatoms. The summed E-state index contributed by atoms with van der Waals surface area (Å²) in [4.78, 5) is 51.8. The number of hydrogen-bond donors (Lipinski definition) is 0. The van der Waals surface area contributed by atoms with Crippen LogP contribution in [0.25, 0.3) is 0 Å². The Kier molecular flexibility index (Phi) is 17.3. The van der Waals surface area contributed by atoms with Crippen molar-refractivity contribution in [1.29, 1.82) is 0 Å². The van der Waals surface area contributed by atoms with Gasteiger partial charge in [0.1, 0.15) is 25.9 Å². The Labute approximate surface area is 342 Å². The molecule has 0 radical (unpaired) electrons. The minimum atomic E-state index is -5.26. The van der Waals surface area contributed by atoms with E-state index in [4.69, 9.17) is 50.6 Å². The summed E-state index contributed by atoms with van der Waals surface area (Å²) in [5.41, 5.74) is -1.11. The zero-order chi connectivity index (χ0) is 43.6. The van der Waals surface area contributed by atoms with Crippen molar-refractivity contribution in [3.8, 4) is 0 Å². The zero-order valence-corrected chi connectivity index (χ0v) is 38.6. The molecule has 19 nitrogen and oxygen atoms in total. The molecule has 0 aliphatic carbocycles. The number of hydrogen-bond acceptors (Lipinski definition) is 19. The zero-order valence-electron chi connectivity index (χ0n) is 35.0. The second kappa shape index (κ2) is 19.8. The monoisotopic (exact) mass is 910 g/mol. The Morgan fingerprint density at radius 3 is 1.66 bits per heavy atom. The van der Waals surface area contributed by atoms with Gasteiger partial charge in [-0.25, -0.2) is 0 Å². The summed E-state index contributed by atoms with van der Waals surface area (Å²) in [6.07, 6.45) is -8.95. The molecule has 4 aliphatic rings. The van der Waals surface area contributed by atoms with Crippen LogP contribution in [0.4, 0.5) is 0 Å². The molecular weight excluding hydrogens is 848 g/mol. The van der Waals surface area contributed by atoms with E-state index in [-0.39, 0.29) is 49.7 Å². The topological polar surface area (TPSA) is 262 Å². The molecule has 340 valence electrons. The standard InChI is InChI=1S/C35H66O19P4/c1-12-26(33-30(18-24(5)49-33)53-57(40,41)44-19-31-25(34(6,7)8)15-21(2)47-31)50-58(42,43)52-29-17-23(4)48-32(29)20-45-56(38,39)51-28-16-22(3)46-27(28)13-14-55(36,37)54-35(9,10)11/h12,21-33H,1,13-20H2,2-11H3,(H,36,37)(H,38,39)(H,40,41)(H,42,43)/p-4/t21-,22-,23-,24-,25?,26?,27+,28?,29?,30?,31+,32+,33+/m0/s1. The maximum absolute atomic E-state index is 13.3. The summed E-state index contributed by atoms with van der Waals surface area (Å²) in [6.45, 7) is 20.4. The van der Waals surface area contributed by atoms with Crippen LogP contribution >= 0.6 is 31.1 Å². The molecule has 4 fully saturated rings. The first kappa shape index (κ1) is 50.7. The number of rotatable bonds is 20. The Morgan fingerprint density at radius 2 is 1.10 bits per heavy atom. The highest BCUT2D eigenvalue weighted by Gasteiger charge is 2.45. The third kappa shape index (κ3) is 15.7. The van der Waals surface area contributed by atoms with E-state index >= 15 is 0 Å². The lowest BCUT2D eigenvalue weighted by Crippen LogP contribution is -2.39. The number of ether oxygens (including phenoxy) is 4. The van der Waals surface area contributed by atoms with Gasteiger partial charge in [-0.15, -0.1) is 6.58 Å². The molecule has 4 saturated heterocycles. The molecule has 4 aliphatic heterocycles. The summed E-state index contributed by atoms with van der Waals surface area (Å²) in [5.74, 6) is 0.0377. The molecule has 0 amide bonds. The van der Waals surface area contributed by atoms with Gasteiger partial charge in [0, 0.05) is 25.4 Å². The Morgan fingerprint density at radius 1 is 0.655 bits per heavy atom. The fourth-order valence-electron chi connectivity index (χ4n) is 7.80. The predicted octanol–water partition coefficient (Wildman–Crippen LogP) is 4.28. The van der Waals surface area contributed by atoms with Gasteiger partial charge in [-0.2, -0.15) is 0 Å². The molecule has 0 N–H and O–H groups in total. The van der Waals surface area contributed by atoms with Crippen LogP contribution < -0.4 is 19.6 Å². The molecule has 4 heterocycles. The lowest BCUT2D eigenvalue weighted by atomic mass is 9.76. The molecule has 17 atom stereocenters. The summed E-state index contributed by atoms with van der Waals surface area (Å²) in [7, 11) is -19.6. The lowest BCUT2D eigenvalue weighted by molar-refractivity contribution is -0.241. The molecule has 9 unspecified atom stereocenters. The van der Waals surface area contributed by atoms with Gasteiger partial charge in [0.25, 0.3) is 23.5 Å². The van der Waals surface area contributed by atoms with Crippen molar-refractivity contribution in [2.24, 2.45) is 11.3 Å². The van der Waals surface area contributed by atoms with Crippen molar-refractivity contribution in [2.75, 3.05) is 19.4 Å². The molecule has 0 saturated carbocycles. The lowest BCUT2D eigenvalue weighted by Gasteiger charge is -2.36. The van der Waals surface area contributed by atoms with Gasteiger partial charge in [0.15, 0.2) is 0 Å². The Balaban J connectivity index is 1.32. The minimum Gasteiger partial charge on any atom is -0.778 e. The van der Waals surface area contributed by atoms with Crippen LogP contribution in [-0.4, -0.2) is 98.2 Å². The molecule has 0 aromatic heterocycles. The molecule has 0 aromatic carbocycles.